The summed E-state index contributed by atoms with van der Waals surface area (Å²) < 4.78 is 0.855. The van der Waals surface area contributed by atoms with Crippen molar-refractivity contribution >= 4 is 27.5 Å². The van der Waals surface area contributed by atoms with Crippen molar-refractivity contribution < 1.29 is 5.11 Å². The summed E-state index contributed by atoms with van der Waals surface area (Å²) in [4.78, 5) is 7.02. The van der Waals surface area contributed by atoms with Crippen LogP contribution >= 0.6 is 27.5 Å². The zero-order valence-corrected chi connectivity index (χ0v) is 10.7. The molecule has 2 aromatic rings. The number of H-pyrrole nitrogens is 1. The van der Waals surface area contributed by atoms with E-state index in [9.17, 15) is 5.11 Å². The minimum atomic E-state index is -0.610. The molecule has 0 saturated carbocycles. The van der Waals surface area contributed by atoms with E-state index in [-0.39, 0.29) is 0 Å². The first-order valence-corrected chi connectivity index (χ1v) is 5.94. The SMILES string of the molecule is OC(Cc1ncc[nH]1)c1cc(Cl)cc(Br)c1. The Morgan fingerprint density at radius 2 is 2.25 bits per heavy atom. The van der Waals surface area contributed by atoms with Gasteiger partial charge in [0.05, 0.1) is 6.10 Å². The van der Waals surface area contributed by atoms with Crippen molar-refractivity contribution in [3.05, 3.63) is 51.5 Å². The molecule has 0 aliphatic carbocycles. The van der Waals surface area contributed by atoms with Crippen LogP contribution in [0.5, 0.6) is 0 Å². The zero-order valence-electron chi connectivity index (χ0n) is 8.32. The molecule has 1 aromatic heterocycles. The van der Waals surface area contributed by atoms with Gasteiger partial charge >= 0.3 is 0 Å². The maximum atomic E-state index is 10.0. The molecule has 0 saturated heterocycles. The largest absolute Gasteiger partial charge is 0.388 e. The van der Waals surface area contributed by atoms with Gasteiger partial charge in [0.2, 0.25) is 0 Å². The number of nitrogens with one attached hydrogen (secondary N) is 1. The first-order valence-electron chi connectivity index (χ1n) is 4.77. The van der Waals surface area contributed by atoms with E-state index in [1.165, 1.54) is 0 Å². The number of benzene rings is 1. The van der Waals surface area contributed by atoms with Gasteiger partial charge in [-0.05, 0) is 23.8 Å². The van der Waals surface area contributed by atoms with E-state index in [1.807, 2.05) is 6.07 Å². The average molecular weight is 302 g/mol. The summed E-state index contributed by atoms with van der Waals surface area (Å²) in [6.07, 6.45) is 3.23. The van der Waals surface area contributed by atoms with Gasteiger partial charge in [-0.2, -0.15) is 0 Å². The second-order valence-electron chi connectivity index (χ2n) is 3.46. The van der Waals surface area contributed by atoms with Crippen LogP contribution in [0.15, 0.2) is 35.1 Å². The fraction of sp³-hybridized carbons (Fsp3) is 0.182. The maximum absolute atomic E-state index is 10.0. The summed E-state index contributed by atoms with van der Waals surface area (Å²) in [5.41, 5.74) is 0.774. The lowest BCUT2D eigenvalue weighted by Gasteiger charge is -2.10. The summed E-state index contributed by atoms with van der Waals surface area (Å²) >= 11 is 9.25. The van der Waals surface area contributed by atoms with Gasteiger partial charge in [-0.3, -0.25) is 0 Å². The Bertz CT molecular complexity index is 453. The second-order valence-corrected chi connectivity index (χ2v) is 4.81. The summed E-state index contributed by atoms with van der Waals surface area (Å²) in [6.45, 7) is 0. The molecule has 1 unspecified atom stereocenters. The van der Waals surface area contributed by atoms with Gasteiger partial charge < -0.3 is 10.1 Å². The molecule has 5 heteroatoms. The van der Waals surface area contributed by atoms with Crippen LogP contribution in [0.4, 0.5) is 0 Å². The zero-order chi connectivity index (χ0) is 11.5. The third-order valence-electron chi connectivity index (χ3n) is 2.21. The Kier molecular flexibility index (Phi) is 3.63. The van der Waals surface area contributed by atoms with E-state index in [4.69, 9.17) is 11.6 Å². The lowest BCUT2D eigenvalue weighted by atomic mass is 10.1. The smallest absolute Gasteiger partial charge is 0.108 e. The standard InChI is InChI=1S/C11H10BrClN2O/c12-8-3-7(4-9(13)5-8)10(16)6-11-14-1-2-15-11/h1-5,10,16H,6H2,(H,14,15). The van der Waals surface area contributed by atoms with Crippen molar-refractivity contribution in [3.63, 3.8) is 0 Å². The highest BCUT2D eigenvalue weighted by Gasteiger charge is 2.11. The lowest BCUT2D eigenvalue weighted by molar-refractivity contribution is 0.176. The highest BCUT2D eigenvalue weighted by atomic mass is 79.9. The maximum Gasteiger partial charge on any atom is 0.108 e. The highest BCUT2D eigenvalue weighted by Crippen LogP contribution is 2.25. The number of aliphatic hydroxyl groups is 1. The number of imidazole rings is 1. The fourth-order valence-electron chi connectivity index (χ4n) is 1.48. The number of aromatic amines is 1. The monoisotopic (exact) mass is 300 g/mol. The van der Waals surface area contributed by atoms with Crippen molar-refractivity contribution in [3.8, 4) is 0 Å². The predicted octanol–water partition coefficient (Wildman–Crippen LogP) is 3.10. The number of nitrogens with zero attached hydrogens (tertiary/aromatic N) is 1. The lowest BCUT2D eigenvalue weighted by Crippen LogP contribution is -2.03. The van der Waals surface area contributed by atoms with Crippen LogP contribution in [0.25, 0.3) is 0 Å². The molecule has 3 nitrogen and oxygen atoms in total. The molecular formula is C11H10BrClN2O. The molecule has 2 N–H and O–H groups in total. The summed E-state index contributed by atoms with van der Waals surface area (Å²) in [5.74, 6) is 0.753. The molecule has 0 aliphatic rings. The molecule has 1 aromatic carbocycles. The number of rotatable bonds is 3. The Labute approximate surface area is 107 Å². The molecule has 2 rings (SSSR count). The van der Waals surface area contributed by atoms with E-state index in [0.29, 0.717) is 11.4 Å². The molecule has 16 heavy (non-hydrogen) atoms. The Morgan fingerprint density at radius 1 is 1.44 bits per heavy atom. The normalized spacial score (nSPS) is 12.7. The van der Waals surface area contributed by atoms with Gasteiger partial charge in [-0.1, -0.05) is 27.5 Å². The third kappa shape index (κ3) is 2.84. The van der Waals surface area contributed by atoms with Gasteiger partial charge in [-0.15, -0.1) is 0 Å². The van der Waals surface area contributed by atoms with Crippen molar-refractivity contribution in [2.45, 2.75) is 12.5 Å². The van der Waals surface area contributed by atoms with E-state index in [0.717, 1.165) is 15.9 Å². The number of hydrogen-bond acceptors (Lipinski definition) is 2. The van der Waals surface area contributed by atoms with E-state index in [2.05, 4.69) is 25.9 Å². The van der Waals surface area contributed by atoms with Crippen LogP contribution < -0.4 is 0 Å². The quantitative estimate of drug-likeness (QED) is 0.915. The first-order chi connectivity index (χ1) is 7.65. The van der Waals surface area contributed by atoms with Gasteiger partial charge in [0.15, 0.2) is 0 Å². The van der Waals surface area contributed by atoms with Gasteiger partial charge in [0.25, 0.3) is 0 Å². The molecular weight excluding hydrogens is 291 g/mol. The molecule has 0 radical (unpaired) electrons. The van der Waals surface area contributed by atoms with E-state index >= 15 is 0 Å². The van der Waals surface area contributed by atoms with Crippen LogP contribution in [0.2, 0.25) is 5.02 Å². The Morgan fingerprint density at radius 3 is 2.88 bits per heavy atom. The molecule has 0 amide bonds. The van der Waals surface area contributed by atoms with Gasteiger partial charge in [0, 0.05) is 28.3 Å². The van der Waals surface area contributed by atoms with E-state index < -0.39 is 6.10 Å². The van der Waals surface area contributed by atoms with E-state index in [1.54, 1.807) is 24.5 Å². The van der Waals surface area contributed by atoms with Crippen LogP contribution in [0, 0.1) is 0 Å². The first kappa shape index (κ1) is 11.6. The topological polar surface area (TPSA) is 48.9 Å². The minimum Gasteiger partial charge on any atom is -0.388 e. The number of aromatic nitrogens is 2. The summed E-state index contributed by atoms with van der Waals surface area (Å²) in [5, 5.41) is 10.6. The van der Waals surface area contributed by atoms with Crippen LogP contribution in [-0.4, -0.2) is 15.1 Å². The highest BCUT2D eigenvalue weighted by molar-refractivity contribution is 9.10. The Balaban J connectivity index is 2.17. The molecule has 1 atom stereocenters. The Hall–Kier alpha value is -0.840. The van der Waals surface area contributed by atoms with Crippen molar-refractivity contribution in [1.82, 2.24) is 9.97 Å². The number of aliphatic hydroxyl groups excluding tert-OH is 1. The molecule has 0 spiro atoms. The average Bonchev–Trinajstić information content (AvgIpc) is 2.68. The molecule has 1 heterocycles. The molecule has 0 aliphatic heterocycles. The third-order valence-corrected chi connectivity index (χ3v) is 2.89. The predicted molar refractivity (Wildman–Crippen MR) is 66.4 cm³/mol. The van der Waals surface area contributed by atoms with Crippen molar-refractivity contribution in [1.29, 1.82) is 0 Å². The van der Waals surface area contributed by atoms with Crippen molar-refractivity contribution in [2.75, 3.05) is 0 Å². The van der Waals surface area contributed by atoms with Gasteiger partial charge in [-0.25, -0.2) is 4.98 Å². The minimum absolute atomic E-state index is 0.444. The fourth-order valence-corrected chi connectivity index (χ4v) is 2.36. The van der Waals surface area contributed by atoms with Crippen LogP contribution in [0.3, 0.4) is 0 Å². The number of hydrogen-bond donors (Lipinski definition) is 2. The summed E-state index contributed by atoms with van der Waals surface area (Å²) in [7, 11) is 0. The number of halogens is 2. The second kappa shape index (κ2) is 4.99. The summed E-state index contributed by atoms with van der Waals surface area (Å²) in [6, 6.07) is 5.38. The molecule has 0 bridgehead atoms. The molecule has 0 fully saturated rings. The van der Waals surface area contributed by atoms with Crippen LogP contribution in [0.1, 0.15) is 17.5 Å². The molecule has 84 valence electrons. The van der Waals surface area contributed by atoms with Crippen LogP contribution in [-0.2, 0) is 6.42 Å². The van der Waals surface area contributed by atoms with Gasteiger partial charge in [0.1, 0.15) is 5.82 Å². The van der Waals surface area contributed by atoms with Crippen molar-refractivity contribution in [2.24, 2.45) is 0 Å².